The summed E-state index contributed by atoms with van der Waals surface area (Å²) in [5.74, 6) is 0.354. The fraction of sp³-hybridized carbons (Fsp3) is 0.167. The zero-order valence-electron chi connectivity index (χ0n) is 17.8. The fourth-order valence-corrected chi connectivity index (χ4v) is 2.86. The summed E-state index contributed by atoms with van der Waals surface area (Å²) in [7, 11) is 1.50. The Morgan fingerprint density at radius 1 is 0.806 bits per heavy atom. The Hall–Kier alpha value is -4.58. The number of hydrogen-bond acceptors (Lipinski definition) is 2. The molecule has 0 aliphatic rings. The van der Waals surface area contributed by atoms with Gasteiger partial charge in [0.25, 0.3) is 0 Å². The molecule has 0 fully saturated rings. The molecule has 2 heterocycles. The van der Waals surface area contributed by atoms with Gasteiger partial charge in [0.2, 0.25) is 0 Å². The Kier molecular flexibility index (Phi) is 8.28. The van der Waals surface area contributed by atoms with Crippen LogP contribution in [0.5, 0.6) is 0 Å². The molecular formula is C24H18F6N6. The third-order valence-electron chi connectivity index (χ3n) is 4.57. The molecule has 36 heavy (non-hydrogen) atoms. The minimum Gasteiger partial charge on any atom is -0.334 e. The van der Waals surface area contributed by atoms with E-state index in [-0.39, 0.29) is 19.1 Å². The van der Waals surface area contributed by atoms with E-state index in [0.717, 1.165) is 12.4 Å². The Morgan fingerprint density at radius 3 is 1.69 bits per heavy atom. The minimum absolute atomic E-state index is 0. The summed E-state index contributed by atoms with van der Waals surface area (Å²) in [5, 5.41) is 0. The van der Waals surface area contributed by atoms with Gasteiger partial charge in [-0.05, 0) is 0 Å². The maximum atomic E-state index is 12.5. The molecule has 0 aliphatic carbocycles. The largest absolute Gasteiger partial charge is 0.434 e. The van der Waals surface area contributed by atoms with Crippen molar-refractivity contribution in [3.05, 3.63) is 95.1 Å². The van der Waals surface area contributed by atoms with Crippen molar-refractivity contribution in [3.8, 4) is 22.8 Å². The predicted molar refractivity (Wildman–Crippen MR) is 122 cm³/mol. The number of benzene rings is 2. The minimum atomic E-state index is -4.45. The Bertz CT molecular complexity index is 1380. The summed E-state index contributed by atoms with van der Waals surface area (Å²) in [5.41, 5.74) is 0.102. The van der Waals surface area contributed by atoms with Gasteiger partial charge in [0.15, 0.2) is 17.1 Å². The molecule has 12 heteroatoms. The molecule has 4 aromatic rings. The van der Waals surface area contributed by atoms with Gasteiger partial charge in [-0.1, -0.05) is 56.0 Å². The zero-order chi connectivity index (χ0) is 25.8. The van der Waals surface area contributed by atoms with Crippen LogP contribution in [0, 0.1) is 13.1 Å². The number of rotatable bonds is 2. The van der Waals surface area contributed by atoms with Crippen LogP contribution in [0.15, 0.2) is 60.9 Å². The van der Waals surface area contributed by atoms with Crippen molar-refractivity contribution in [2.45, 2.75) is 19.8 Å². The predicted octanol–water partition coefficient (Wildman–Crippen LogP) is 7.94. The van der Waals surface area contributed by atoms with E-state index in [2.05, 4.69) is 24.6 Å². The van der Waals surface area contributed by atoms with Crippen molar-refractivity contribution < 1.29 is 26.3 Å². The van der Waals surface area contributed by atoms with Crippen LogP contribution < -0.4 is 0 Å². The standard InChI is InChI=1S/C12H8F3N3.C11H6F3N3.CH4/c1-16-9-5-3-8(4-6-9)11-17-10(7-18(11)2)12(13,14)15;1-15-8-4-2-7(3-5-8)10-16-6-9(17-10)11(12,13)14;/h3-7H,2H3;2-6H,(H,16,17);1H4. The summed E-state index contributed by atoms with van der Waals surface area (Å²) in [4.78, 5) is 15.8. The van der Waals surface area contributed by atoms with Crippen molar-refractivity contribution in [2.75, 3.05) is 0 Å². The van der Waals surface area contributed by atoms with Gasteiger partial charge in [-0.2, -0.15) is 26.3 Å². The highest BCUT2D eigenvalue weighted by Crippen LogP contribution is 2.31. The lowest BCUT2D eigenvalue weighted by atomic mass is 10.2. The second kappa shape index (κ2) is 10.8. The third kappa shape index (κ3) is 6.51. The van der Waals surface area contributed by atoms with Gasteiger partial charge in [0.05, 0.1) is 19.3 Å². The quantitative estimate of drug-likeness (QED) is 0.223. The van der Waals surface area contributed by atoms with Gasteiger partial charge in [0, 0.05) is 24.4 Å². The molecule has 0 unspecified atom stereocenters. The van der Waals surface area contributed by atoms with Crippen LogP contribution in [0.2, 0.25) is 0 Å². The summed E-state index contributed by atoms with van der Waals surface area (Å²) < 4.78 is 75.8. The number of alkyl halides is 6. The molecule has 6 nitrogen and oxygen atoms in total. The number of H-pyrrole nitrogens is 1. The van der Waals surface area contributed by atoms with Crippen molar-refractivity contribution in [2.24, 2.45) is 7.05 Å². The van der Waals surface area contributed by atoms with Gasteiger partial charge in [-0.3, -0.25) is 0 Å². The summed E-state index contributed by atoms with van der Waals surface area (Å²) in [6, 6.07) is 12.4. The molecule has 2 aromatic heterocycles. The maximum Gasteiger partial charge on any atom is 0.434 e. The number of imidazole rings is 2. The van der Waals surface area contributed by atoms with E-state index in [4.69, 9.17) is 13.1 Å². The molecule has 2 aromatic carbocycles. The van der Waals surface area contributed by atoms with Crippen LogP contribution in [0.25, 0.3) is 32.5 Å². The molecule has 0 amide bonds. The molecule has 0 saturated carbocycles. The van der Waals surface area contributed by atoms with Crippen LogP contribution in [0.4, 0.5) is 37.7 Å². The number of halogens is 6. The average molecular weight is 504 g/mol. The molecule has 0 bridgehead atoms. The molecule has 0 saturated heterocycles. The highest BCUT2D eigenvalue weighted by Gasteiger charge is 2.34. The first kappa shape index (κ1) is 27.7. The molecule has 0 atom stereocenters. The monoisotopic (exact) mass is 504 g/mol. The molecule has 0 aliphatic heterocycles. The van der Waals surface area contributed by atoms with Crippen molar-refractivity contribution >= 4 is 11.4 Å². The van der Waals surface area contributed by atoms with Crippen LogP contribution in [-0.2, 0) is 19.4 Å². The average Bonchev–Trinajstić information content (AvgIpc) is 3.47. The Morgan fingerprint density at radius 2 is 1.31 bits per heavy atom. The summed E-state index contributed by atoms with van der Waals surface area (Å²) >= 11 is 0. The topological polar surface area (TPSA) is 55.2 Å². The molecule has 186 valence electrons. The van der Waals surface area contributed by atoms with Crippen LogP contribution in [0.1, 0.15) is 18.8 Å². The first-order valence-corrected chi connectivity index (χ1v) is 9.61. The van der Waals surface area contributed by atoms with Gasteiger partial charge in [-0.25, -0.2) is 19.7 Å². The highest BCUT2D eigenvalue weighted by atomic mass is 19.4. The SMILES string of the molecule is C.[C-]#[N+]c1ccc(-c2nc(C(F)(F)F)cn2C)cc1.[C-]#[N+]c1ccc(-c2ncc(C(F)(F)F)[nH]2)cc1. The van der Waals surface area contributed by atoms with Gasteiger partial charge < -0.3 is 9.55 Å². The van der Waals surface area contributed by atoms with Crippen molar-refractivity contribution in [1.82, 2.24) is 19.5 Å². The second-order valence-corrected chi connectivity index (χ2v) is 7.02. The summed E-state index contributed by atoms with van der Waals surface area (Å²) in [6.07, 6.45) is -7.19. The van der Waals surface area contributed by atoms with E-state index in [9.17, 15) is 26.3 Å². The maximum absolute atomic E-state index is 12.5. The number of aromatic nitrogens is 4. The van der Waals surface area contributed by atoms with E-state index in [0.29, 0.717) is 22.5 Å². The van der Waals surface area contributed by atoms with Gasteiger partial charge in [-0.15, -0.1) is 0 Å². The smallest absolute Gasteiger partial charge is 0.334 e. The first-order valence-electron chi connectivity index (χ1n) is 9.61. The zero-order valence-corrected chi connectivity index (χ0v) is 17.8. The summed E-state index contributed by atoms with van der Waals surface area (Å²) in [6.45, 7) is 13.6. The van der Waals surface area contributed by atoms with Gasteiger partial charge in [0.1, 0.15) is 17.3 Å². The number of nitrogens with zero attached hydrogens (tertiary/aromatic N) is 5. The van der Waals surface area contributed by atoms with Crippen LogP contribution in [0.3, 0.4) is 0 Å². The molecule has 0 radical (unpaired) electrons. The van der Waals surface area contributed by atoms with Crippen molar-refractivity contribution in [3.63, 3.8) is 0 Å². The normalized spacial score (nSPS) is 10.9. The first-order chi connectivity index (χ1) is 16.4. The molecular weight excluding hydrogens is 486 g/mol. The number of nitrogens with one attached hydrogen (secondary N) is 1. The number of hydrogen-bond donors (Lipinski definition) is 1. The molecule has 4 rings (SSSR count). The number of aryl methyl sites for hydroxylation is 1. The van der Waals surface area contributed by atoms with E-state index in [1.54, 1.807) is 36.4 Å². The van der Waals surface area contributed by atoms with Crippen LogP contribution in [-0.4, -0.2) is 19.5 Å². The van der Waals surface area contributed by atoms with E-state index < -0.39 is 23.7 Å². The van der Waals surface area contributed by atoms with E-state index in [1.165, 1.54) is 23.7 Å². The third-order valence-corrected chi connectivity index (χ3v) is 4.57. The lowest BCUT2D eigenvalue weighted by Crippen LogP contribution is -2.04. The molecule has 0 spiro atoms. The lowest BCUT2D eigenvalue weighted by Gasteiger charge is -2.01. The lowest BCUT2D eigenvalue weighted by molar-refractivity contribution is -0.141. The van der Waals surface area contributed by atoms with E-state index >= 15 is 0 Å². The fourth-order valence-electron chi connectivity index (χ4n) is 2.86. The van der Waals surface area contributed by atoms with E-state index in [1.807, 2.05) is 0 Å². The van der Waals surface area contributed by atoms with Gasteiger partial charge >= 0.3 is 12.4 Å². The number of aromatic amines is 1. The Labute approximate surface area is 202 Å². The molecule has 1 N–H and O–H groups in total. The van der Waals surface area contributed by atoms with Crippen molar-refractivity contribution in [1.29, 1.82) is 0 Å². The van der Waals surface area contributed by atoms with Crippen LogP contribution >= 0.6 is 0 Å². The second-order valence-electron chi connectivity index (χ2n) is 7.02. The highest BCUT2D eigenvalue weighted by molar-refractivity contribution is 5.61. The Balaban J connectivity index is 0.000000247.